The van der Waals surface area contributed by atoms with Gasteiger partial charge in [-0.05, 0) is 38.1 Å². The first kappa shape index (κ1) is 20.6. The number of hydrogen-bond acceptors (Lipinski definition) is 7. The zero-order valence-electron chi connectivity index (χ0n) is 18.4. The van der Waals surface area contributed by atoms with Crippen LogP contribution in [0, 0.1) is 13.8 Å². The highest BCUT2D eigenvalue weighted by molar-refractivity contribution is 6.05. The van der Waals surface area contributed by atoms with Crippen LogP contribution in [0.3, 0.4) is 0 Å². The van der Waals surface area contributed by atoms with E-state index >= 15 is 0 Å². The van der Waals surface area contributed by atoms with Crippen LogP contribution in [0.15, 0.2) is 52.0 Å². The molecule has 0 bridgehead atoms. The van der Waals surface area contributed by atoms with Gasteiger partial charge < -0.3 is 14.1 Å². The van der Waals surface area contributed by atoms with E-state index in [0.29, 0.717) is 34.3 Å². The van der Waals surface area contributed by atoms with Gasteiger partial charge in [0.25, 0.3) is 0 Å². The Morgan fingerprint density at radius 1 is 1.15 bits per heavy atom. The van der Waals surface area contributed by atoms with Gasteiger partial charge in [0.05, 0.1) is 59.9 Å². The van der Waals surface area contributed by atoms with Crippen LogP contribution in [0.2, 0.25) is 0 Å². The van der Waals surface area contributed by atoms with Crippen molar-refractivity contribution in [1.29, 1.82) is 0 Å². The van der Waals surface area contributed by atoms with Gasteiger partial charge in [0.2, 0.25) is 0 Å². The number of carbonyl (C=O) groups is 1. The van der Waals surface area contributed by atoms with Crippen LogP contribution in [-0.2, 0) is 17.9 Å². The smallest absolute Gasteiger partial charge is 0.329 e. The van der Waals surface area contributed by atoms with Gasteiger partial charge in [0.15, 0.2) is 0 Å². The maximum atomic E-state index is 13.3. The Morgan fingerprint density at radius 2 is 2.00 bits per heavy atom. The molecule has 0 spiro atoms. The van der Waals surface area contributed by atoms with E-state index in [9.17, 15) is 9.59 Å². The Bertz CT molecular complexity index is 1540. The minimum atomic E-state index is -0.300. The van der Waals surface area contributed by atoms with Gasteiger partial charge in [-0.15, -0.1) is 0 Å². The highest BCUT2D eigenvalue weighted by Gasteiger charge is 2.21. The summed E-state index contributed by atoms with van der Waals surface area (Å²) in [4.78, 5) is 33.6. The van der Waals surface area contributed by atoms with Gasteiger partial charge in [-0.1, -0.05) is 11.2 Å². The van der Waals surface area contributed by atoms with E-state index in [2.05, 4.69) is 15.1 Å². The molecule has 0 atom stereocenters. The summed E-state index contributed by atoms with van der Waals surface area (Å²) >= 11 is 0. The highest BCUT2D eigenvalue weighted by Crippen LogP contribution is 2.38. The number of benzene rings is 1. The number of carbonyl (C=O) groups excluding carboxylic acids is 1. The van der Waals surface area contributed by atoms with Crippen LogP contribution in [0.5, 0.6) is 5.75 Å². The van der Waals surface area contributed by atoms with Gasteiger partial charge in [-0.3, -0.25) is 19.1 Å². The van der Waals surface area contributed by atoms with E-state index in [-0.39, 0.29) is 18.8 Å². The fourth-order valence-electron chi connectivity index (χ4n) is 4.30. The Hall–Kier alpha value is -4.27. The minimum absolute atomic E-state index is 0.0635. The molecule has 9 nitrogen and oxygen atoms in total. The van der Waals surface area contributed by atoms with E-state index in [1.54, 1.807) is 24.1 Å². The van der Waals surface area contributed by atoms with Gasteiger partial charge in [-0.2, -0.15) is 0 Å². The molecule has 0 fully saturated rings. The summed E-state index contributed by atoms with van der Waals surface area (Å²) in [6.45, 7) is 3.91. The molecule has 0 aliphatic heterocycles. The van der Waals surface area contributed by atoms with E-state index in [1.165, 1.54) is 4.57 Å². The fourth-order valence-corrected chi connectivity index (χ4v) is 4.30. The topological polar surface area (TPSA) is 105 Å². The van der Waals surface area contributed by atoms with Crippen molar-refractivity contribution in [3.8, 4) is 16.9 Å². The monoisotopic (exact) mass is 443 g/mol. The predicted molar refractivity (Wildman–Crippen MR) is 122 cm³/mol. The number of imidazole rings is 1. The minimum Gasteiger partial charge on any atom is -0.496 e. The Balaban J connectivity index is 1.84. The lowest BCUT2D eigenvalue weighted by molar-refractivity contribution is -0.108. The zero-order chi connectivity index (χ0) is 23.1. The molecule has 5 rings (SSSR count). The zero-order valence-corrected chi connectivity index (χ0v) is 18.4. The van der Waals surface area contributed by atoms with E-state index in [4.69, 9.17) is 9.26 Å². The van der Waals surface area contributed by atoms with Crippen LogP contribution < -0.4 is 10.4 Å². The summed E-state index contributed by atoms with van der Waals surface area (Å²) < 4.78 is 14.1. The van der Waals surface area contributed by atoms with Crippen molar-refractivity contribution in [3.05, 3.63) is 70.4 Å². The third-order valence-electron chi connectivity index (χ3n) is 5.77. The molecule has 0 saturated heterocycles. The van der Waals surface area contributed by atoms with Crippen molar-refractivity contribution in [3.63, 3.8) is 0 Å². The molecule has 4 heterocycles. The molecule has 0 aliphatic rings. The van der Waals surface area contributed by atoms with E-state index in [1.807, 2.05) is 44.2 Å². The quantitative estimate of drug-likeness (QED) is 0.371. The second-order valence-electron chi connectivity index (χ2n) is 7.73. The summed E-state index contributed by atoms with van der Waals surface area (Å²) in [5.74, 6) is 1.28. The Morgan fingerprint density at radius 3 is 2.67 bits per heavy atom. The molecule has 0 amide bonds. The number of hydrogen-bond donors (Lipinski definition) is 0. The molecular formula is C24H21N5O4. The number of pyridine rings is 2. The summed E-state index contributed by atoms with van der Waals surface area (Å²) in [5.41, 5.74) is 4.74. The van der Waals surface area contributed by atoms with Crippen LogP contribution in [-0.4, -0.2) is 37.7 Å². The molecule has 4 aromatic heterocycles. The first-order valence-electron chi connectivity index (χ1n) is 10.4. The van der Waals surface area contributed by atoms with Crippen LogP contribution in [0.1, 0.15) is 17.1 Å². The molecule has 0 saturated carbocycles. The molecule has 5 aromatic rings. The van der Waals surface area contributed by atoms with E-state index < -0.39 is 0 Å². The number of aldehydes is 1. The van der Waals surface area contributed by atoms with Gasteiger partial charge in [0.1, 0.15) is 17.8 Å². The third kappa shape index (κ3) is 3.29. The molecule has 0 aliphatic carbocycles. The molecule has 1 aromatic carbocycles. The van der Waals surface area contributed by atoms with Crippen molar-refractivity contribution in [2.45, 2.75) is 26.9 Å². The molecular weight excluding hydrogens is 422 g/mol. The fraction of sp³-hybridized carbons (Fsp3) is 0.208. The maximum Gasteiger partial charge on any atom is 0.329 e. The van der Waals surface area contributed by atoms with Crippen molar-refractivity contribution in [1.82, 2.24) is 24.3 Å². The van der Waals surface area contributed by atoms with E-state index in [0.717, 1.165) is 27.9 Å². The number of methoxy groups -OCH3 is 1. The number of aryl methyl sites for hydroxylation is 2. The lowest BCUT2D eigenvalue weighted by atomic mass is 10.0. The predicted octanol–water partition coefficient (Wildman–Crippen LogP) is 3.27. The average Bonchev–Trinajstić information content (AvgIpc) is 3.30. The van der Waals surface area contributed by atoms with Crippen LogP contribution in [0.4, 0.5) is 0 Å². The highest BCUT2D eigenvalue weighted by atomic mass is 16.5. The summed E-state index contributed by atoms with van der Waals surface area (Å²) in [5, 5.41) is 4.79. The first-order chi connectivity index (χ1) is 16.0. The van der Waals surface area contributed by atoms with Crippen molar-refractivity contribution < 1.29 is 14.1 Å². The lowest BCUT2D eigenvalue weighted by Gasteiger charge is -2.12. The van der Waals surface area contributed by atoms with Gasteiger partial charge in [0, 0.05) is 17.1 Å². The summed E-state index contributed by atoms with van der Waals surface area (Å²) in [6.07, 6.45) is 4.02. The van der Waals surface area contributed by atoms with Crippen LogP contribution >= 0.6 is 0 Å². The number of aromatic nitrogens is 5. The third-order valence-corrected chi connectivity index (χ3v) is 5.77. The largest absolute Gasteiger partial charge is 0.496 e. The number of nitrogens with zero attached hydrogens (tertiary/aromatic N) is 5. The number of rotatable bonds is 6. The second-order valence-corrected chi connectivity index (χ2v) is 7.73. The first-order valence-corrected chi connectivity index (χ1v) is 10.4. The second kappa shape index (κ2) is 8.01. The molecule has 0 unspecified atom stereocenters. The normalized spacial score (nSPS) is 11.4. The molecule has 9 heteroatoms. The van der Waals surface area contributed by atoms with Crippen molar-refractivity contribution >= 4 is 28.2 Å². The lowest BCUT2D eigenvalue weighted by Crippen LogP contribution is -2.25. The van der Waals surface area contributed by atoms with Gasteiger partial charge in [-0.25, -0.2) is 4.79 Å². The van der Waals surface area contributed by atoms with Crippen molar-refractivity contribution in [2.75, 3.05) is 7.11 Å². The maximum absolute atomic E-state index is 13.3. The van der Waals surface area contributed by atoms with Gasteiger partial charge >= 0.3 is 5.69 Å². The molecule has 166 valence electrons. The van der Waals surface area contributed by atoms with Crippen molar-refractivity contribution in [2.24, 2.45) is 0 Å². The summed E-state index contributed by atoms with van der Waals surface area (Å²) in [6, 6.07) is 9.33. The van der Waals surface area contributed by atoms with Crippen LogP contribution in [0.25, 0.3) is 33.1 Å². The molecule has 0 N–H and O–H groups in total. The Labute approximate surface area is 188 Å². The number of ether oxygens (including phenoxy) is 1. The Kier molecular flexibility index (Phi) is 5.01. The summed E-state index contributed by atoms with van der Waals surface area (Å²) in [7, 11) is 1.59. The SMILES string of the molecule is COc1cc2c(cc1-c1c(C)noc1C)ncc1c2n(Cc2ccccn2)c(=O)n1CC=O. The average molecular weight is 443 g/mol. The standard InChI is InChI=1S/C24H21N5O4/c1-14-22(15(2)33-27-14)18-10-19-17(11-21(18)32-3)23-20(12-26-19)28(8-9-30)24(31)29(23)13-16-6-4-5-7-25-16/h4-7,9-12H,8,13H2,1-3H3. The number of fused-ring (bicyclic) bond motifs is 3. The molecule has 33 heavy (non-hydrogen) atoms. The molecule has 0 radical (unpaired) electrons.